The van der Waals surface area contributed by atoms with Crippen LogP contribution in [0.25, 0.3) is 10.9 Å². The molecule has 2 rings (SSSR count). The molecule has 0 saturated carbocycles. The maximum absolute atomic E-state index is 11.6. The van der Waals surface area contributed by atoms with Gasteiger partial charge in [-0.05, 0) is 25.1 Å². The van der Waals surface area contributed by atoms with Crippen LogP contribution in [0, 0.1) is 0 Å². The number of carbonyl (C=O) groups is 1. The smallest absolute Gasteiger partial charge is 0.340 e. The summed E-state index contributed by atoms with van der Waals surface area (Å²) >= 11 is 0. The molecular weight excluding hydrogens is 204 g/mol. The first-order chi connectivity index (χ1) is 7.67. The lowest BCUT2D eigenvalue weighted by atomic mass is 10.1. The molecule has 0 saturated heterocycles. The molecular formula is C12H14N2O2. The molecule has 0 amide bonds. The average Bonchev–Trinajstić information content (AvgIpc) is 2.66. The summed E-state index contributed by atoms with van der Waals surface area (Å²) in [6.07, 6.45) is 1.80. The Kier molecular flexibility index (Phi) is 2.56. The van der Waals surface area contributed by atoms with Gasteiger partial charge in [0, 0.05) is 23.8 Å². The van der Waals surface area contributed by atoms with E-state index < -0.39 is 0 Å². The van der Waals surface area contributed by atoms with Gasteiger partial charge in [-0.25, -0.2) is 4.79 Å². The zero-order valence-corrected chi connectivity index (χ0v) is 9.36. The number of hydrogen-bond acceptors (Lipinski definition) is 3. The normalized spacial score (nSPS) is 10.6. The van der Waals surface area contributed by atoms with Crippen molar-refractivity contribution in [2.75, 3.05) is 12.8 Å². The Morgan fingerprint density at radius 1 is 1.50 bits per heavy atom. The monoisotopic (exact) mass is 218 g/mol. The molecule has 0 spiro atoms. The summed E-state index contributed by atoms with van der Waals surface area (Å²) in [5.41, 5.74) is 7.97. The van der Waals surface area contributed by atoms with Gasteiger partial charge < -0.3 is 15.0 Å². The van der Waals surface area contributed by atoms with Gasteiger partial charge >= 0.3 is 5.97 Å². The third-order valence-corrected chi connectivity index (χ3v) is 2.65. The molecule has 2 aromatic rings. The number of fused-ring (bicyclic) bond motifs is 1. The molecule has 1 aromatic heterocycles. The first-order valence-electron chi connectivity index (χ1n) is 5.14. The van der Waals surface area contributed by atoms with Crippen molar-refractivity contribution < 1.29 is 9.53 Å². The van der Waals surface area contributed by atoms with E-state index in [0.29, 0.717) is 11.3 Å². The van der Waals surface area contributed by atoms with Crippen molar-refractivity contribution in [2.24, 2.45) is 0 Å². The maximum Gasteiger partial charge on any atom is 0.340 e. The van der Waals surface area contributed by atoms with Gasteiger partial charge in [0.05, 0.1) is 18.2 Å². The number of anilines is 1. The quantitative estimate of drug-likeness (QED) is 0.619. The molecule has 0 unspecified atom stereocenters. The fourth-order valence-corrected chi connectivity index (χ4v) is 1.84. The van der Waals surface area contributed by atoms with Crippen LogP contribution in [0.5, 0.6) is 0 Å². The van der Waals surface area contributed by atoms with Crippen LogP contribution in [0.4, 0.5) is 5.69 Å². The number of nitrogen functional groups attached to an aromatic ring is 1. The van der Waals surface area contributed by atoms with E-state index >= 15 is 0 Å². The molecule has 0 aliphatic rings. The second kappa shape index (κ2) is 3.89. The van der Waals surface area contributed by atoms with Crippen molar-refractivity contribution in [3.63, 3.8) is 0 Å². The van der Waals surface area contributed by atoms with Gasteiger partial charge in [0.15, 0.2) is 0 Å². The minimum atomic E-state index is -0.318. The molecule has 16 heavy (non-hydrogen) atoms. The molecule has 1 aromatic carbocycles. The number of benzene rings is 1. The van der Waals surface area contributed by atoms with Crippen LogP contribution in [-0.2, 0) is 11.3 Å². The van der Waals surface area contributed by atoms with E-state index in [0.717, 1.165) is 17.4 Å². The number of rotatable bonds is 2. The third-order valence-electron chi connectivity index (χ3n) is 2.65. The molecule has 0 aliphatic carbocycles. The van der Waals surface area contributed by atoms with Crippen molar-refractivity contribution in [1.82, 2.24) is 4.57 Å². The van der Waals surface area contributed by atoms with E-state index in [2.05, 4.69) is 0 Å². The fourth-order valence-electron chi connectivity index (χ4n) is 1.84. The van der Waals surface area contributed by atoms with E-state index in [9.17, 15) is 4.79 Å². The maximum atomic E-state index is 11.6. The first-order valence-corrected chi connectivity index (χ1v) is 5.14. The third kappa shape index (κ3) is 1.52. The van der Waals surface area contributed by atoms with E-state index in [1.165, 1.54) is 7.11 Å². The summed E-state index contributed by atoms with van der Waals surface area (Å²) in [6, 6.07) is 5.50. The van der Waals surface area contributed by atoms with Crippen LogP contribution in [0.3, 0.4) is 0 Å². The largest absolute Gasteiger partial charge is 0.465 e. The Bertz CT molecular complexity index is 543. The number of methoxy groups -OCH3 is 1. The lowest BCUT2D eigenvalue weighted by Crippen LogP contribution is -1.99. The van der Waals surface area contributed by atoms with Crippen LogP contribution >= 0.6 is 0 Å². The van der Waals surface area contributed by atoms with Gasteiger partial charge in [0.1, 0.15) is 0 Å². The number of nitrogens with zero attached hydrogens (tertiary/aromatic N) is 1. The minimum absolute atomic E-state index is 0.318. The van der Waals surface area contributed by atoms with Gasteiger partial charge in [-0.15, -0.1) is 0 Å². The lowest BCUT2D eigenvalue weighted by molar-refractivity contribution is 0.0603. The molecule has 0 fully saturated rings. The van der Waals surface area contributed by atoms with Gasteiger partial charge in [-0.2, -0.15) is 0 Å². The number of carbonyl (C=O) groups excluding carboxylic acids is 1. The van der Waals surface area contributed by atoms with E-state index in [1.807, 2.05) is 23.6 Å². The second-order valence-corrected chi connectivity index (χ2v) is 3.60. The van der Waals surface area contributed by atoms with Gasteiger partial charge in [-0.1, -0.05) is 0 Å². The van der Waals surface area contributed by atoms with Crippen molar-refractivity contribution >= 4 is 22.6 Å². The summed E-state index contributed by atoms with van der Waals surface area (Å²) in [7, 11) is 1.38. The lowest BCUT2D eigenvalue weighted by Gasteiger charge is -2.00. The van der Waals surface area contributed by atoms with Crippen LogP contribution in [0.2, 0.25) is 0 Å². The molecule has 0 radical (unpaired) electrons. The Labute approximate surface area is 93.6 Å². The topological polar surface area (TPSA) is 57.2 Å². The van der Waals surface area contributed by atoms with Crippen molar-refractivity contribution in [3.05, 3.63) is 30.0 Å². The molecule has 4 nitrogen and oxygen atoms in total. The predicted octanol–water partition coefficient (Wildman–Crippen LogP) is 2.03. The molecule has 4 heteroatoms. The second-order valence-electron chi connectivity index (χ2n) is 3.60. The summed E-state index contributed by atoms with van der Waals surface area (Å²) < 4.78 is 6.73. The Balaban J connectivity index is 2.72. The van der Waals surface area contributed by atoms with Gasteiger partial charge in [0.2, 0.25) is 0 Å². The molecule has 1 heterocycles. The highest BCUT2D eigenvalue weighted by atomic mass is 16.5. The van der Waals surface area contributed by atoms with Crippen molar-refractivity contribution in [3.8, 4) is 0 Å². The highest BCUT2D eigenvalue weighted by Gasteiger charge is 2.14. The number of aryl methyl sites for hydroxylation is 1. The number of nitrogens with two attached hydrogens (primary N) is 1. The van der Waals surface area contributed by atoms with Crippen molar-refractivity contribution in [2.45, 2.75) is 13.5 Å². The molecule has 2 N–H and O–H groups in total. The highest BCUT2D eigenvalue weighted by molar-refractivity contribution is 6.04. The van der Waals surface area contributed by atoms with E-state index in [4.69, 9.17) is 10.5 Å². The molecule has 84 valence electrons. The first kappa shape index (κ1) is 10.5. The highest BCUT2D eigenvalue weighted by Crippen LogP contribution is 2.24. The summed E-state index contributed by atoms with van der Waals surface area (Å²) in [5.74, 6) is -0.318. The number of aromatic nitrogens is 1. The molecule has 0 bridgehead atoms. The average molecular weight is 218 g/mol. The summed E-state index contributed by atoms with van der Waals surface area (Å²) in [6.45, 7) is 2.81. The number of esters is 1. The Morgan fingerprint density at radius 3 is 2.88 bits per heavy atom. The summed E-state index contributed by atoms with van der Waals surface area (Å²) in [4.78, 5) is 11.6. The van der Waals surface area contributed by atoms with Crippen molar-refractivity contribution in [1.29, 1.82) is 0 Å². The summed E-state index contributed by atoms with van der Waals surface area (Å²) in [5, 5.41) is 0.878. The molecule has 0 aliphatic heterocycles. The fraction of sp³-hybridized carbons (Fsp3) is 0.250. The Hall–Kier alpha value is -1.97. The zero-order chi connectivity index (χ0) is 11.7. The predicted molar refractivity (Wildman–Crippen MR) is 63.4 cm³/mol. The SMILES string of the molecule is CCn1cc(C(=O)OC)c2ccc(N)cc21. The molecule has 0 atom stereocenters. The van der Waals surface area contributed by atoms with E-state index in [-0.39, 0.29) is 5.97 Å². The van der Waals surface area contributed by atoms with E-state index in [1.54, 1.807) is 12.3 Å². The Morgan fingerprint density at radius 2 is 2.25 bits per heavy atom. The van der Waals surface area contributed by atoms with Crippen LogP contribution in [0.15, 0.2) is 24.4 Å². The van der Waals surface area contributed by atoms with Crippen LogP contribution in [0.1, 0.15) is 17.3 Å². The number of ether oxygens (including phenoxy) is 1. The minimum Gasteiger partial charge on any atom is -0.465 e. The standard InChI is InChI=1S/C12H14N2O2/c1-3-14-7-10(12(15)16-2)9-5-4-8(13)6-11(9)14/h4-7H,3,13H2,1-2H3. The van der Waals surface area contributed by atoms with Gasteiger partial charge in [-0.3, -0.25) is 0 Å². The van der Waals surface area contributed by atoms with Gasteiger partial charge in [0.25, 0.3) is 0 Å². The van der Waals surface area contributed by atoms with Crippen LogP contribution < -0.4 is 5.73 Å². The van der Waals surface area contributed by atoms with Crippen LogP contribution in [-0.4, -0.2) is 17.6 Å². The zero-order valence-electron chi connectivity index (χ0n) is 9.36. The number of hydrogen-bond donors (Lipinski definition) is 1.